The number of hydrogen-bond acceptors (Lipinski definition) is 4. The lowest BCUT2D eigenvalue weighted by Gasteiger charge is -2.33. The summed E-state index contributed by atoms with van der Waals surface area (Å²) in [6, 6.07) is 7.78. The molecule has 4 nitrogen and oxygen atoms in total. The van der Waals surface area contributed by atoms with Gasteiger partial charge in [-0.25, -0.2) is 0 Å². The van der Waals surface area contributed by atoms with Gasteiger partial charge in [0.2, 0.25) is 5.91 Å². The summed E-state index contributed by atoms with van der Waals surface area (Å²) in [6.07, 6.45) is 2.04. The molecule has 1 saturated heterocycles. The van der Waals surface area contributed by atoms with E-state index in [-0.39, 0.29) is 11.9 Å². The second-order valence-corrected chi connectivity index (χ2v) is 5.24. The normalized spacial score (nSPS) is 18.5. The van der Waals surface area contributed by atoms with Crippen LogP contribution in [0.4, 0.5) is 0 Å². The van der Waals surface area contributed by atoms with Crippen molar-refractivity contribution in [2.45, 2.75) is 10.9 Å². The van der Waals surface area contributed by atoms with Crippen LogP contribution in [0.1, 0.15) is 11.6 Å². The number of carbonyl (C=O) groups excluding carboxylic acids is 1. The van der Waals surface area contributed by atoms with Crippen LogP contribution in [-0.4, -0.2) is 43.2 Å². The van der Waals surface area contributed by atoms with E-state index in [1.165, 1.54) is 4.90 Å². The molecule has 1 amide bonds. The molecule has 0 spiro atoms. The van der Waals surface area contributed by atoms with Gasteiger partial charge in [-0.15, -0.1) is 11.8 Å². The lowest BCUT2D eigenvalue weighted by atomic mass is 10.0. The molecule has 98 valence electrons. The zero-order valence-electron chi connectivity index (χ0n) is 10.6. The monoisotopic (exact) mass is 265 g/mol. The maximum absolute atomic E-state index is 11.7. The first kappa shape index (κ1) is 13.4. The molecule has 0 aromatic heterocycles. The highest BCUT2D eigenvalue weighted by Crippen LogP contribution is 2.23. The fourth-order valence-electron chi connectivity index (χ4n) is 2.28. The number of amides is 1. The lowest BCUT2D eigenvalue weighted by Crippen LogP contribution is -2.48. The van der Waals surface area contributed by atoms with Gasteiger partial charge >= 0.3 is 0 Å². The third-order valence-electron chi connectivity index (χ3n) is 3.22. The van der Waals surface area contributed by atoms with Crippen LogP contribution in [0.2, 0.25) is 0 Å². The Balaban J connectivity index is 2.20. The summed E-state index contributed by atoms with van der Waals surface area (Å²) in [5.74, 6) is -0.270. The van der Waals surface area contributed by atoms with Gasteiger partial charge in [-0.05, 0) is 24.0 Å². The standard InChI is InChI=1S/C13H19N3OS/c1-18-11-4-2-10(3-5-11)12(13(14)17)16-8-6-15-7-9-16/h2-5,12,15H,6-9H2,1H3,(H2,14,17). The minimum Gasteiger partial charge on any atom is -0.368 e. The van der Waals surface area contributed by atoms with Crippen molar-refractivity contribution in [1.29, 1.82) is 0 Å². The van der Waals surface area contributed by atoms with Gasteiger partial charge in [-0.1, -0.05) is 12.1 Å². The smallest absolute Gasteiger partial charge is 0.239 e. The van der Waals surface area contributed by atoms with Crippen LogP contribution >= 0.6 is 11.8 Å². The van der Waals surface area contributed by atoms with Gasteiger partial charge in [-0.2, -0.15) is 0 Å². The van der Waals surface area contributed by atoms with Crippen LogP contribution in [-0.2, 0) is 4.79 Å². The van der Waals surface area contributed by atoms with E-state index in [1.807, 2.05) is 30.5 Å². The Bertz CT molecular complexity index is 401. The number of nitrogens with two attached hydrogens (primary N) is 1. The van der Waals surface area contributed by atoms with E-state index >= 15 is 0 Å². The predicted octanol–water partition coefficient (Wildman–Crippen LogP) is 0.840. The molecule has 18 heavy (non-hydrogen) atoms. The number of rotatable bonds is 4. The van der Waals surface area contributed by atoms with Gasteiger partial charge in [0.25, 0.3) is 0 Å². The van der Waals surface area contributed by atoms with Crippen molar-refractivity contribution in [3.63, 3.8) is 0 Å². The second kappa shape index (κ2) is 6.22. The number of benzene rings is 1. The Morgan fingerprint density at radius 2 is 1.94 bits per heavy atom. The molecule has 0 radical (unpaired) electrons. The first-order valence-corrected chi connectivity index (χ1v) is 7.33. The van der Waals surface area contributed by atoms with Crippen LogP contribution in [0.5, 0.6) is 0 Å². The number of primary amides is 1. The van der Waals surface area contributed by atoms with Crippen molar-refractivity contribution in [2.75, 3.05) is 32.4 Å². The lowest BCUT2D eigenvalue weighted by molar-refractivity contribution is -0.123. The van der Waals surface area contributed by atoms with Gasteiger partial charge in [0, 0.05) is 31.1 Å². The van der Waals surface area contributed by atoms with Gasteiger partial charge in [0.05, 0.1) is 0 Å². The van der Waals surface area contributed by atoms with Gasteiger partial charge in [0.1, 0.15) is 6.04 Å². The number of thioether (sulfide) groups is 1. The van der Waals surface area contributed by atoms with Crippen LogP contribution in [0.25, 0.3) is 0 Å². The summed E-state index contributed by atoms with van der Waals surface area (Å²) >= 11 is 1.69. The molecule has 1 aliphatic heterocycles. The van der Waals surface area contributed by atoms with Crippen LogP contribution in [0.15, 0.2) is 29.2 Å². The largest absolute Gasteiger partial charge is 0.368 e. The van der Waals surface area contributed by atoms with Crippen LogP contribution in [0.3, 0.4) is 0 Å². The molecule has 2 rings (SSSR count). The van der Waals surface area contributed by atoms with E-state index in [1.54, 1.807) is 11.8 Å². The first-order valence-electron chi connectivity index (χ1n) is 6.10. The van der Waals surface area contributed by atoms with Crippen LogP contribution in [0, 0.1) is 0 Å². The van der Waals surface area contributed by atoms with E-state index in [9.17, 15) is 4.79 Å². The van der Waals surface area contributed by atoms with E-state index < -0.39 is 0 Å². The predicted molar refractivity (Wildman–Crippen MR) is 74.6 cm³/mol. The average Bonchev–Trinajstić information content (AvgIpc) is 2.40. The molecule has 3 N–H and O–H groups in total. The van der Waals surface area contributed by atoms with Crippen molar-refractivity contribution < 1.29 is 4.79 Å². The van der Waals surface area contributed by atoms with Crippen molar-refractivity contribution in [2.24, 2.45) is 5.73 Å². The van der Waals surface area contributed by atoms with Gasteiger partial charge in [0.15, 0.2) is 0 Å². The minimum absolute atomic E-state index is 0.270. The first-order chi connectivity index (χ1) is 8.72. The molecule has 0 bridgehead atoms. The molecule has 1 aromatic rings. The van der Waals surface area contributed by atoms with Crippen molar-refractivity contribution in [1.82, 2.24) is 10.2 Å². The Morgan fingerprint density at radius 1 is 1.33 bits per heavy atom. The molecule has 1 aliphatic rings. The summed E-state index contributed by atoms with van der Waals surface area (Å²) in [4.78, 5) is 15.1. The maximum Gasteiger partial charge on any atom is 0.239 e. The molecule has 0 saturated carbocycles. The SMILES string of the molecule is CSc1ccc(C(C(N)=O)N2CCNCC2)cc1. The third-order valence-corrected chi connectivity index (χ3v) is 3.96. The topological polar surface area (TPSA) is 58.4 Å². The fraction of sp³-hybridized carbons (Fsp3) is 0.462. The zero-order chi connectivity index (χ0) is 13.0. The molecular weight excluding hydrogens is 246 g/mol. The average molecular weight is 265 g/mol. The highest BCUT2D eigenvalue weighted by molar-refractivity contribution is 7.98. The van der Waals surface area contributed by atoms with Crippen LogP contribution < -0.4 is 11.1 Å². The number of carbonyl (C=O) groups is 1. The molecular formula is C13H19N3OS. The second-order valence-electron chi connectivity index (χ2n) is 4.36. The van der Waals surface area contributed by atoms with E-state index in [0.717, 1.165) is 31.7 Å². The molecule has 1 atom stereocenters. The fourth-order valence-corrected chi connectivity index (χ4v) is 2.69. The molecule has 5 heteroatoms. The van der Waals surface area contributed by atoms with Gasteiger partial charge < -0.3 is 11.1 Å². The quantitative estimate of drug-likeness (QED) is 0.792. The van der Waals surface area contributed by atoms with Crippen molar-refractivity contribution in [3.8, 4) is 0 Å². The molecule has 1 fully saturated rings. The Morgan fingerprint density at radius 3 is 2.44 bits per heavy atom. The Kier molecular flexibility index (Phi) is 4.63. The Hall–Kier alpha value is -1.04. The van der Waals surface area contributed by atoms with E-state index in [4.69, 9.17) is 5.73 Å². The summed E-state index contributed by atoms with van der Waals surface area (Å²) in [5, 5.41) is 3.28. The molecule has 1 unspecified atom stereocenters. The summed E-state index contributed by atoms with van der Waals surface area (Å²) in [7, 11) is 0. The molecule has 0 aliphatic carbocycles. The highest BCUT2D eigenvalue weighted by Gasteiger charge is 2.26. The molecule has 1 heterocycles. The summed E-state index contributed by atoms with van der Waals surface area (Å²) in [6.45, 7) is 3.54. The van der Waals surface area contributed by atoms with E-state index in [0.29, 0.717) is 0 Å². The minimum atomic E-state index is -0.303. The molecule has 1 aromatic carbocycles. The number of hydrogen-bond donors (Lipinski definition) is 2. The number of nitrogens with zero attached hydrogens (tertiary/aromatic N) is 1. The summed E-state index contributed by atoms with van der Waals surface area (Å²) in [5.41, 5.74) is 6.55. The van der Waals surface area contributed by atoms with Crippen molar-refractivity contribution in [3.05, 3.63) is 29.8 Å². The third kappa shape index (κ3) is 3.04. The summed E-state index contributed by atoms with van der Waals surface area (Å²) < 4.78 is 0. The van der Waals surface area contributed by atoms with Gasteiger partial charge in [-0.3, -0.25) is 9.69 Å². The maximum atomic E-state index is 11.7. The zero-order valence-corrected chi connectivity index (χ0v) is 11.4. The highest BCUT2D eigenvalue weighted by atomic mass is 32.2. The van der Waals surface area contributed by atoms with Crippen molar-refractivity contribution >= 4 is 17.7 Å². The number of piperazine rings is 1. The number of nitrogens with one attached hydrogen (secondary N) is 1. The Labute approximate surface area is 112 Å². The van der Waals surface area contributed by atoms with E-state index in [2.05, 4.69) is 10.2 Å².